The lowest BCUT2D eigenvalue weighted by molar-refractivity contribution is -0.0308. The highest BCUT2D eigenvalue weighted by Gasteiger charge is 2.29. The molecule has 3 rings (SSSR count). The lowest BCUT2D eigenvalue weighted by Crippen LogP contribution is -2.50. The summed E-state index contributed by atoms with van der Waals surface area (Å²) in [4.78, 5) is 16.8. The maximum absolute atomic E-state index is 12.5. The lowest BCUT2D eigenvalue weighted by Gasteiger charge is -2.34. The fraction of sp³-hybridized carbons (Fsp3) is 0.706. The quantitative estimate of drug-likeness (QED) is 0.822. The number of aromatic nitrogens is 1. The van der Waals surface area contributed by atoms with Gasteiger partial charge in [-0.25, -0.2) is 4.79 Å². The molecule has 0 spiro atoms. The van der Waals surface area contributed by atoms with Crippen molar-refractivity contribution in [2.24, 2.45) is 5.92 Å². The second-order valence-corrected chi connectivity index (χ2v) is 6.76. The number of urea groups is 1. The Morgan fingerprint density at radius 2 is 2.09 bits per heavy atom. The number of likely N-dealkylation sites (N-methyl/N-ethyl adjacent to an activating group) is 1. The Labute approximate surface area is 138 Å². The highest BCUT2D eigenvalue weighted by molar-refractivity contribution is 5.74. The van der Waals surface area contributed by atoms with Crippen molar-refractivity contribution in [3.8, 4) is 0 Å². The van der Waals surface area contributed by atoms with Crippen LogP contribution in [0.2, 0.25) is 0 Å². The Bertz CT molecular complexity index is 487. The van der Waals surface area contributed by atoms with Gasteiger partial charge < -0.3 is 24.4 Å². The zero-order valence-electron chi connectivity index (χ0n) is 14.0. The predicted molar refractivity (Wildman–Crippen MR) is 89.4 cm³/mol. The van der Waals surface area contributed by atoms with Crippen molar-refractivity contribution in [1.82, 2.24) is 19.7 Å². The van der Waals surface area contributed by atoms with E-state index in [0.29, 0.717) is 19.0 Å². The van der Waals surface area contributed by atoms with Gasteiger partial charge in [-0.3, -0.25) is 0 Å². The van der Waals surface area contributed by atoms with Crippen LogP contribution in [0.3, 0.4) is 0 Å². The monoisotopic (exact) mass is 320 g/mol. The van der Waals surface area contributed by atoms with Gasteiger partial charge in [-0.05, 0) is 37.9 Å². The minimum Gasteiger partial charge on any atom is -0.374 e. The zero-order valence-corrected chi connectivity index (χ0v) is 14.0. The summed E-state index contributed by atoms with van der Waals surface area (Å²) in [6.07, 6.45) is 6.65. The van der Waals surface area contributed by atoms with E-state index < -0.39 is 0 Å². The van der Waals surface area contributed by atoms with E-state index in [1.807, 2.05) is 29.4 Å². The van der Waals surface area contributed by atoms with E-state index in [0.717, 1.165) is 32.8 Å². The van der Waals surface area contributed by atoms with Crippen LogP contribution in [-0.4, -0.2) is 72.9 Å². The van der Waals surface area contributed by atoms with Gasteiger partial charge in [-0.1, -0.05) is 0 Å². The maximum Gasteiger partial charge on any atom is 0.317 e. The first-order chi connectivity index (χ1) is 11.2. The highest BCUT2D eigenvalue weighted by atomic mass is 16.5. The molecule has 6 heteroatoms. The van der Waals surface area contributed by atoms with Crippen LogP contribution >= 0.6 is 0 Å². The van der Waals surface area contributed by atoms with Crippen molar-refractivity contribution in [3.63, 3.8) is 0 Å². The largest absolute Gasteiger partial charge is 0.374 e. The molecule has 23 heavy (non-hydrogen) atoms. The number of hydrogen-bond acceptors (Lipinski definition) is 3. The topological polar surface area (TPSA) is 49.7 Å². The molecule has 1 atom stereocenters. The normalized spacial score (nSPS) is 22.0. The van der Waals surface area contributed by atoms with Crippen molar-refractivity contribution in [2.75, 3.05) is 46.4 Å². The number of hydrogen-bond donors (Lipinski definition) is 1. The van der Waals surface area contributed by atoms with Gasteiger partial charge in [0.15, 0.2) is 0 Å². The zero-order chi connectivity index (χ0) is 16.1. The Hall–Kier alpha value is -1.53. The van der Waals surface area contributed by atoms with Crippen LogP contribution in [0.1, 0.15) is 12.8 Å². The van der Waals surface area contributed by atoms with Crippen LogP contribution in [0.25, 0.3) is 0 Å². The van der Waals surface area contributed by atoms with E-state index >= 15 is 0 Å². The highest BCUT2D eigenvalue weighted by Crippen LogP contribution is 2.29. The van der Waals surface area contributed by atoms with E-state index in [-0.39, 0.29) is 12.1 Å². The van der Waals surface area contributed by atoms with Crippen LogP contribution in [0.15, 0.2) is 24.5 Å². The molecule has 0 unspecified atom stereocenters. The molecular weight excluding hydrogens is 292 g/mol. The summed E-state index contributed by atoms with van der Waals surface area (Å²) in [7, 11) is 2.11. The first kappa shape index (κ1) is 16.3. The van der Waals surface area contributed by atoms with E-state index in [9.17, 15) is 4.79 Å². The summed E-state index contributed by atoms with van der Waals surface area (Å²) in [5.41, 5.74) is 0. The van der Waals surface area contributed by atoms with Crippen molar-refractivity contribution < 1.29 is 9.53 Å². The first-order valence-corrected chi connectivity index (χ1v) is 8.64. The van der Waals surface area contributed by atoms with Gasteiger partial charge in [0, 0.05) is 51.7 Å². The van der Waals surface area contributed by atoms with Crippen molar-refractivity contribution in [2.45, 2.75) is 25.5 Å². The third-order valence-electron chi connectivity index (χ3n) is 4.54. The lowest BCUT2D eigenvalue weighted by atomic mass is 10.2. The number of nitrogens with zero attached hydrogens (tertiary/aromatic N) is 3. The second kappa shape index (κ2) is 7.84. The van der Waals surface area contributed by atoms with Crippen molar-refractivity contribution in [1.29, 1.82) is 0 Å². The molecule has 1 aliphatic carbocycles. The molecule has 2 fully saturated rings. The Balaban J connectivity index is 1.47. The van der Waals surface area contributed by atoms with Crippen molar-refractivity contribution in [3.05, 3.63) is 24.5 Å². The molecule has 2 amide bonds. The molecule has 2 aliphatic rings. The van der Waals surface area contributed by atoms with Gasteiger partial charge in [-0.2, -0.15) is 0 Å². The molecule has 1 N–H and O–H groups in total. The molecule has 128 valence electrons. The summed E-state index contributed by atoms with van der Waals surface area (Å²) in [5.74, 6) is 0.687. The Kier molecular flexibility index (Phi) is 5.56. The minimum atomic E-state index is 0.0425. The summed E-state index contributed by atoms with van der Waals surface area (Å²) in [6.45, 7) is 5.64. The van der Waals surface area contributed by atoms with E-state index in [1.165, 1.54) is 12.8 Å². The van der Waals surface area contributed by atoms with Gasteiger partial charge >= 0.3 is 6.03 Å². The van der Waals surface area contributed by atoms with Gasteiger partial charge in [0.1, 0.15) is 0 Å². The number of ether oxygens (including phenoxy) is 1. The molecule has 1 aliphatic heterocycles. The van der Waals surface area contributed by atoms with Crippen molar-refractivity contribution >= 4 is 6.03 Å². The van der Waals surface area contributed by atoms with Gasteiger partial charge in [-0.15, -0.1) is 0 Å². The van der Waals surface area contributed by atoms with E-state index in [4.69, 9.17) is 4.74 Å². The van der Waals surface area contributed by atoms with Crippen LogP contribution < -0.4 is 5.32 Å². The molecule has 0 radical (unpaired) electrons. The Morgan fingerprint density at radius 1 is 1.30 bits per heavy atom. The Morgan fingerprint density at radius 3 is 2.78 bits per heavy atom. The number of nitrogens with one attached hydrogen (secondary N) is 1. The molecule has 1 aromatic heterocycles. The fourth-order valence-electron chi connectivity index (χ4n) is 3.00. The third kappa shape index (κ3) is 5.25. The van der Waals surface area contributed by atoms with Gasteiger partial charge in [0.2, 0.25) is 0 Å². The molecule has 0 aromatic carbocycles. The summed E-state index contributed by atoms with van der Waals surface area (Å²) < 4.78 is 7.90. The molecule has 6 nitrogen and oxygen atoms in total. The van der Waals surface area contributed by atoms with Gasteiger partial charge in [0.05, 0.1) is 12.7 Å². The number of carbonyl (C=O) groups excluding carboxylic acids is 1. The number of amides is 2. The van der Waals surface area contributed by atoms with Crippen LogP contribution in [0, 0.1) is 5.92 Å². The molecule has 1 aromatic rings. The standard InChI is InChI=1S/C17H28N4O2/c1-19-10-11-23-16(13-19)14-21(12-15-4-5-15)17(22)18-6-9-20-7-2-3-8-20/h2-3,7-8,15-16H,4-6,9-14H2,1H3,(H,18,22)/t16-/m0/s1. The summed E-state index contributed by atoms with van der Waals surface area (Å²) in [6, 6.07) is 4.04. The molecule has 1 saturated heterocycles. The SMILES string of the molecule is CN1CCO[C@H](CN(CC2CC2)C(=O)NCCn2cccc2)C1. The van der Waals surface area contributed by atoms with E-state index in [2.05, 4.69) is 21.8 Å². The smallest absolute Gasteiger partial charge is 0.317 e. The fourth-order valence-corrected chi connectivity index (χ4v) is 3.00. The van der Waals surface area contributed by atoms with Crippen LogP contribution in [0.4, 0.5) is 4.79 Å². The number of carbonyl (C=O) groups is 1. The predicted octanol–water partition coefficient (Wildman–Crippen LogP) is 1.24. The third-order valence-corrected chi connectivity index (χ3v) is 4.54. The maximum atomic E-state index is 12.5. The average molecular weight is 320 g/mol. The molecule has 1 saturated carbocycles. The van der Waals surface area contributed by atoms with Crippen LogP contribution in [-0.2, 0) is 11.3 Å². The summed E-state index contributed by atoms with van der Waals surface area (Å²) >= 11 is 0. The molecule has 2 heterocycles. The second-order valence-electron chi connectivity index (χ2n) is 6.76. The number of morpholine rings is 1. The molecule has 0 bridgehead atoms. The average Bonchev–Trinajstić information content (AvgIpc) is 3.19. The first-order valence-electron chi connectivity index (χ1n) is 8.64. The summed E-state index contributed by atoms with van der Waals surface area (Å²) in [5, 5.41) is 3.05. The minimum absolute atomic E-state index is 0.0425. The van der Waals surface area contributed by atoms with Gasteiger partial charge in [0.25, 0.3) is 0 Å². The van der Waals surface area contributed by atoms with Crippen LogP contribution in [0.5, 0.6) is 0 Å². The molecular formula is C17H28N4O2. The van der Waals surface area contributed by atoms with E-state index in [1.54, 1.807) is 0 Å². The number of rotatable bonds is 7.